The lowest BCUT2D eigenvalue weighted by atomic mass is 9.64. The van der Waals surface area contributed by atoms with Gasteiger partial charge in [-0.3, -0.25) is 4.79 Å². The molecular formula is C15H13BN2O6S2. The van der Waals surface area contributed by atoms with Gasteiger partial charge < -0.3 is 25.0 Å². The van der Waals surface area contributed by atoms with Gasteiger partial charge in [-0.2, -0.15) is 0 Å². The normalized spacial score (nSPS) is 16.7. The van der Waals surface area contributed by atoms with E-state index in [9.17, 15) is 19.7 Å². The van der Waals surface area contributed by atoms with Gasteiger partial charge in [-0.1, -0.05) is 17.3 Å². The lowest BCUT2D eigenvalue weighted by molar-refractivity contribution is -0.113. The highest BCUT2D eigenvalue weighted by Crippen LogP contribution is 2.36. The average molecular weight is 392 g/mol. The summed E-state index contributed by atoms with van der Waals surface area (Å²) >= 11 is 6.14. The van der Waals surface area contributed by atoms with Crippen molar-refractivity contribution in [2.75, 3.05) is 0 Å². The van der Waals surface area contributed by atoms with Crippen LogP contribution in [0, 0.1) is 3.95 Å². The second-order valence-corrected chi connectivity index (χ2v) is 7.26. The number of hydrogen-bond donors (Lipinski definition) is 4. The number of Topliss-reactive ketones (excluding diaryl/α,β-unsaturated/α-hetero) is 1. The molecule has 1 aromatic carbocycles. The number of fused-ring (bicyclic) bond motifs is 1. The Bertz CT molecular complexity index is 954. The van der Waals surface area contributed by atoms with Crippen LogP contribution >= 0.6 is 23.6 Å². The van der Waals surface area contributed by atoms with E-state index < -0.39 is 24.7 Å². The maximum atomic E-state index is 12.5. The number of para-hydroxylation sites is 1. The fourth-order valence-corrected chi connectivity index (χ4v) is 3.64. The molecule has 0 aliphatic carbocycles. The number of rotatable bonds is 5. The van der Waals surface area contributed by atoms with Gasteiger partial charge in [0.2, 0.25) is 0 Å². The largest absolute Gasteiger partial charge is 0.535 e. The Morgan fingerprint density at radius 3 is 2.85 bits per heavy atom. The molecule has 4 N–H and O–H groups in total. The summed E-state index contributed by atoms with van der Waals surface area (Å²) in [6.45, 7) is 0. The molecule has 0 amide bonds. The van der Waals surface area contributed by atoms with Crippen LogP contribution in [0.2, 0.25) is 5.82 Å². The van der Waals surface area contributed by atoms with Crippen LogP contribution in [0.15, 0.2) is 28.7 Å². The van der Waals surface area contributed by atoms with Crippen LogP contribution in [-0.2, 0) is 11.2 Å². The number of oxime groups is 1. The third-order valence-electron chi connectivity index (χ3n) is 4.04. The molecule has 3 rings (SSSR count). The number of carbonyl (C=O) groups is 2. The first-order valence-corrected chi connectivity index (χ1v) is 8.82. The molecule has 1 aliphatic heterocycles. The topological polar surface area (TPSA) is 132 Å². The minimum absolute atomic E-state index is 0.0465. The van der Waals surface area contributed by atoms with Crippen molar-refractivity contribution in [3.63, 3.8) is 0 Å². The Hall–Kier alpha value is -2.50. The van der Waals surface area contributed by atoms with Crippen molar-refractivity contribution in [3.05, 3.63) is 44.4 Å². The number of aromatic nitrogens is 1. The molecule has 0 spiro atoms. The first-order chi connectivity index (χ1) is 12.4. The first-order valence-electron chi connectivity index (χ1n) is 7.54. The van der Waals surface area contributed by atoms with Crippen LogP contribution in [0.1, 0.15) is 28.0 Å². The Labute approximate surface area is 156 Å². The molecule has 2 aromatic rings. The number of hydrogen-bond acceptors (Lipinski definition) is 8. The second kappa shape index (κ2) is 7.40. The van der Waals surface area contributed by atoms with Gasteiger partial charge in [-0.15, -0.1) is 11.3 Å². The van der Waals surface area contributed by atoms with Crippen molar-refractivity contribution >= 4 is 48.1 Å². The van der Waals surface area contributed by atoms with E-state index in [4.69, 9.17) is 22.1 Å². The van der Waals surface area contributed by atoms with Crippen LogP contribution in [0.5, 0.6) is 5.75 Å². The third-order valence-corrected chi connectivity index (χ3v) is 5.10. The molecule has 2 heterocycles. The summed E-state index contributed by atoms with van der Waals surface area (Å²) in [4.78, 5) is 26.5. The molecule has 1 aromatic heterocycles. The number of carboxylic acids is 1. The standard InChI is InChI=1S/C15H13BN2O6S2/c19-11(12(18-23)10-6-26-15(25)17-10)5-8-4-7-2-1-3-9(14(20)21)13(7)24-16(8)22/h1-3,6,8,22-23H,4-5H2,(H,17,25)(H,20,21)/b18-12-/t8-/m1/s1. The number of benzene rings is 1. The van der Waals surface area contributed by atoms with Crippen LogP contribution < -0.4 is 4.65 Å². The molecular weight excluding hydrogens is 379 g/mol. The molecule has 8 nitrogen and oxygen atoms in total. The monoisotopic (exact) mass is 392 g/mol. The number of aromatic amines is 1. The molecule has 0 saturated carbocycles. The Morgan fingerprint density at radius 2 is 2.23 bits per heavy atom. The average Bonchev–Trinajstić information content (AvgIpc) is 3.01. The lowest BCUT2D eigenvalue weighted by Gasteiger charge is -2.27. The van der Waals surface area contributed by atoms with Crippen molar-refractivity contribution in [2.24, 2.45) is 5.16 Å². The third kappa shape index (κ3) is 3.54. The van der Waals surface area contributed by atoms with Crippen molar-refractivity contribution < 1.29 is 29.6 Å². The SMILES string of the molecule is O=C(C[C@H]1Cc2cccc(C(=O)O)c2OB1O)/C(=N\O)c1csc(=S)[nH]1. The Morgan fingerprint density at radius 1 is 1.46 bits per heavy atom. The number of carbonyl (C=O) groups excluding carboxylic acids is 1. The molecule has 0 saturated heterocycles. The maximum absolute atomic E-state index is 12.5. The van der Waals surface area contributed by atoms with Crippen molar-refractivity contribution in [1.82, 2.24) is 4.98 Å². The molecule has 1 aliphatic rings. The van der Waals surface area contributed by atoms with E-state index in [1.54, 1.807) is 17.5 Å². The quantitative estimate of drug-likeness (QED) is 0.201. The molecule has 0 radical (unpaired) electrons. The molecule has 0 bridgehead atoms. The fourth-order valence-electron chi connectivity index (χ4n) is 2.82. The van der Waals surface area contributed by atoms with E-state index in [0.29, 0.717) is 15.2 Å². The van der Waals surface area contributed by atoms with E-state index >= 15 is 0 Å². The van der Waals surface area contributed by atoms with E-state index in [-0.39, 0.29) is 29.9 Å². The molecule has 0 fully saturated rings. The van der Waals surface area contributed by atoms with E-state index in [0.717, 1.165) is 0 Å². The zero-order chi connectivity index (χ0) is 18.8. The highest BCUT2D eigenvalue weighted by molar-refractivity contribution is 7.73. The first kappa shape index (κ1) is 18.3. The minimum Gasteiger partial charge on any atom is -0.535 e. The van der Waals surface area contributed by atoms with Gasteiger partial charge in [0, 0.05) is 17.6 Å². The Balaban J connectivity index is 1.81. The summed E-state index contributed by atoms with van der Waals surface area (Å²) < 4.78 is 5.79. The summed E-state index contributed by atoms with van der Waals surface area (Å²) in [5.74, 6) is -2.17. The number of carboxylic acid groups (broad SMARTS) is 1. The summed E-state index contributed by atoms with van der Waals surface area (Å²) in [7, 11) is -1.35. The summed E-state index contributed by atoms with van der Waals surface area (Å²) in [5, 5.41) is 33.2. The number of H-pyrrole nitrogens is 1. The second-order valence-electron chi connectivity index (χ2n) is 5.71. The number of nitrogens with one attached hydrogen (secondary N) is 1. The van der Waals surface area contributed by atoms with Crippen LogP contribution in [0.3, 0.4) is 0 Å². The smallest absolute Gasteiger partial charge is 0.526 e. The maximum Gasteiger partial charge on any atom is 0.526 e. The highest BCUT2D eigenvalue weighted by atomic mass is 32.1. The molecule has 0 unspecified atom stereocenters. The summed E-state index contributed by atoms with van der Waals surface area (Å²) in [5.41, 5.74) is 0.655. The number of ketones is 1. The predicted octanol–water partition coefficient (Wildman–Crippen LogP) is 2.13. The van der Waals surface area contributed by atoms with Gasteiger partial charge in [0.25, 0.3) is 0 Å². The lowest BCUT2D eigenvalue weighted by Crippen LogP contribution is -2.36. The molecule has 134 valence electrons. The van der Waals surface area contributed by atoms with Crippen LogP contribution in [0.4, 0.5) is 0 Å². The zero-order valence-electron chi connectivity index (χ0n) is 13.2. The predicted molar refractivity (Wildman–Crippen MR) is 96.9 cm³/mol. The van der Waals surface area contributed by atoms with E-state index in [2.05, 4.69) is 10.1 Å². The van der Waals surface area contributed by atoms with Gasteiger partial charge in [0.05, 0.1) is 11.3 Å². The highest BCUT2D eigenvalue weighted by Gasteiger charge is 2.38. The van der Waals surface area contributed by atoms with Crippen LogP contribution in [-0.4, -0.2) is 44.9 Å². The van der Waals surface area contributed by atoms with Crippen molar-refractivity contribution in [2.45, 2.75) is 18.7 Å². The van der Waals surface area contributed by atoms with Gasteiger partial charge in [-0.05, 0) is 30.3 Å². The van der Waals surface area contributed by atoms with E-state index in [1.807, 2.05) is 0 Å². The van der Waals surface area contributed by atoms with Gasteiger partial charge in [0.1, 0.15) is 5.75 Å². The number of aromatic carboxylic acids is 1. The van der Waals surface area contributed by atoms with E-state index in [1.165, 1.54) is 17.4 Å². The summed E-state index contributed by atoms with van der Waals surface area (Å²) in [6, 6.07) is 4.64. The minimum atomic E-state index is -1.35. The Kier molecular flexibility index (Phi) is 5.21. The van der Waals surface area contributed by atoms with Gasteiger partial charge >= 0.3 is 13.1 Å². The van der Waals surface area contributed by atoms with Crippen molar-refractivity contribution in [3.8, 4) is 5.75 Å². The number of nitrogens with zero attached hydrogens (tertiary/aromatic N) is 1. The van der Waals surface area contributed by atoms with Gasteiger partial charge in [-0.25, -0.2) is 4.79 Å². The summed E-state index contributed by atoms with van der Waals surface area (Å²) in [6.07, 6.45) is 0.107. The van der Waals surface area contributed by atoms with Crippen molar-refractivity contribution in [1.29, 1.82) is 0 Å². The van der Waals surface area contributed by atoms with Gasteiger partial charge in [0.15, 0.2) is 15.4 Å². The fraction of sp³-hybridized carbons (Fsp3) is 0.200. The molecule has 11 heteroatoms. The zero-order valence-corrected chi connectivity index (χ0v) is 14.8. The molecule has 26 heavy (non-hydrogen) atoms. The molecule has 1 atom stereocenters. The van der Waals surface area contributed by atoms with Crippen LogP contribution in [0.25, 0.3) is 0 Å². The number of thiazole rings is 1.